The molecule has 2 aromatic carbocycles. The molecule has 0 bridgehead atoms. The van der Waals surface area contributed by atoms with Crippen molar-refractivity contribution in [3.8, 4) is 16.9 Å². The number of aromatic amines is 1. The third kappa shape index (κ3) is 5.85. The van der Waals surface area contributed by atoms with E-state index in [1.807, 2.05) is 50.5 Å². The van der Waals surface area contributed by atoms with Crippen molar-refractivity contribution in [1.29, 1.82) is 0 Å². The second-order valence-electron chi connectivity index (χ2n) is 9.06. The van der Waals surface area contributed by atoms with Crippen LogP contribution in [0.2, 0.25) is 0 Å². The molecule has 1 aromatic heterocycles. The third-order valence-electron chi connectivity index (χ3n) is 5.24. The van der Waals surface area contributed by atoms with Gasteiger partial charge in [0.25, 0.3) is 5.56 Å². The maximum atomic E-state index is 12.8. The Bertz CT molecular complexity index is 1330. The fraction of sp³-hybridized carbons (Fsp3) is 0.280. The molecule has 0 amide bonds. The molecular weight excluding hydrogens is 452 g/mol. The number of methoxy groups -OCH3 is 1. The molecule has 9 heteroatoms. The molecule has 0 radical (unpaired) electrons. The highest BCUT2D eigenvalue weighted by Crippen LogP contribution is 2.38. The number of nitrogens with one attached hydrogen (secondary N) is 2. The summed E-state index contributed by atoms with van der Waals surface area (Å²) < 4.78 is 29.8. The van der Waals surface area contributed by atoms with Crippen LogP contribution in [0.25, 0.3) is 23.3 Å². The number of nitrogens with zero attached hydrogens (tertiary/aromatic N) is 2. The van der Waals surface area contributed by atoms with Gasteiger partial charge >= 0.3 is 0 Å². The fourth-order valence-corrected chi connectivity index (χ4v) is 3.85. The number of ether oxygens (including phenoxy) is 1. The van der Waals surface area contributed by atoms with Crippen molar-refractivity contribution in [3.63, 3.8) is 0 Å². The van der Waals surface area contributed by atoms with Gasteiger partial charge < -0.3 is 9.64 Å². The molecular formula is C25H30N4O4S. The zero-order chi connectivity index (χ0) is 25.0. The van der Waals surface area contributed by atoms with Crippen LogP contribution in [0.1, 0.15) is 37.5 Å². The first kappa shape index (κ1) is 25.0. The lowest BCUT2D eigenvalue weighted by molar-refractivity contribution is 0.397. The van der Waals surface area contributed by atoms with E-state index in [9.17, 15) is 13.2 Å². The summed E-state index contributed by atoms with van der Waals surface area (Å²) in [6, 6.07) is 10.9. The molecule has 0 saturated carbocycles. The van der Waals surface area contributed by atoms with Gasteiger partial charge in [0, 0.05) is 37.1 Å². The molecule has 180 valence electrons. The molecule has 0 saturated heterocycles. The highest BCUT2D eigenvalue weighted by Gasteiger charge is 2.23. The number of hydrogen-bond acceptors (Lipinski definition) is 6. The molecule has 0 fully saturated rings. The first-order valence-corrected chi connectivity index (χ1v) is 11.9. The molecule has 0 spiro atoms. The zero-order valence-electron chi connectivity index (χ0n) is 20.2. The first-order valence-electron chi connectivity index (χ1n) is 10.7. The van der Waals surface area contributed by atoms with Gasteiger partial charge in [-0.05, 0) is 40.8 Å². The molecule has 0 unspecified atom stereocenters. The molecule has 2 N–H and O–H groups in total. The minimum absolute atomic E-state index is 0.224. The van der Waals surface area contributed by atoms with Gasteiger partial charge in [-0.3, -0.25) is 14.5 Å². The van der Waals surface area contributed by atoms with Crippen molar-refractivity contribution in [2.24, 2.45) is 0 Å². The topological polar surface area (TPSA) is 104 Å². The number of hydrogen-bond donors (Lipinski definition) is 3. The van der Waals surface area contributed by atoms with Crippen LogP contribution >= 0.6 is 0 Å². The lowest BCUT2D eigenvalue weighted by Crippen LogP contribution is -2.20. The van der Waals surface area contributed by atoms with Crippen LogP contribution < -0.4 is 19.9 Å². The van der Waals surface area contributed by atoms with E-state index in [4.69, 9.17) is 4.74 Å². The highest BCUT2D eigenvalue weighted by molar-refractivity contribution is 7.73. The van der Waals surface area contributed by atoms with E-state index >= 15 is 0 Å². The average molecular weight is 483 g/mol. The number of rotatable bonds is 7. The summed E-state index contributed by atoms with van der Waals surface area (Å²) in [5.74, 6) is 1.21. The zero-order valence-corrected chi connectivity index (χ0v) is 21.1. The Morgan fingerprint density at radius 3 is 2.29 bits per heavy atom. The summed E-state index contributed by atoms with van der Waals surface area (Å²) in [5.41, 5.74) is 3.89. The summed E-state index contributed by atoms with van der Waals surface area (Å²) in [5, 5.41) is 0. The molecule has 8 nitrogen and oxygen atoms in total. The lowest BCUT2D eigenvalue weighted by Gasteiger charge is -2.24. The molecule has 0 atom stereocenters. The molecule has 0 aliphatic heterocycles. The second kappa shape index (κ2) is 10.1. The fourth-order valence-electron chi connectivity index (χ4n) is 3.49. The van der Waals surface area contributed by atoms with Crippen LogP contribution in [0.15, 0.2) is 47.4 Å². The maximum absolute atomic E-state index is 12.8. The van der Waals surface area contributed by atoms with Crippen LogP contribution in [-0.4, -0.2) is 39.6 Å². The number of H-pyrrole nitrogens is 1. The van der Waals surface area contributed by atoms with Crippen molar-refractivity contribution in [2.45, 2.75) is 26.2 Å². The van der Waals surface area contributed by atoms with Gasteiger partial charge in [-0.15, -0.1) is 0 Å². The standard InChI is InChI=1S/C25H30N4O4S/c1-25(2,3)21-14-18(20-15-26-24(29(4)5)27-23(20)30)13-17(22(21)33-6)10-7-16-8-11-19(12-9-16)28-34(31)32/h7-15,34H,1-6H3,(H,26,27,30)(H,28,31,32)/b10-7+. The summed E-state index contributed by atoms with van der Waals surface area (Å²) in [7, 11) is 2.55. The molecule has 1 heterocycles. The van der Waals surface area contributed by atoms with Gasteiger partial charge in [0.2, 0.25) is 16.8 Å². The molecule has 34 heavy (non-hydrogen) atoms. The van der Waals surface area contributed by atoms with E-state index in [1.165, 1.54) is 0 Å². The number of thiol groups is 1. The van der Waals surface area contributed by atoms with E-state index in [2.05, 4.69) is 35.5 Å². The van der Waals surface area contributed by atoms with Crippen LogP contribution in [0.4, 0.5) is 11.6 Å². The smallest absolute Gasteiger partial charge is 0.260 e. The third-order valence-corrected chi connectivity index (χ3v) is 5.68. The quantitative estimate of drug-likeness (QED) is 0.348. The molecule has 3 rings (SSSR count). The summed E-state index contributed by atoms with van der Waals surface area (Å²) in [6.07, 6.45) is 5.42. The van der Waals surface area contributed by atoms with E-state index in [0.29, 0.717) is 17.2 Å². The Morgan fingerprint density at radius 2 is 1.76 bits per heavy atom. The SMILES string of the molecule is COc1c(/C=C/c2ccc(N[SH](=O)=O)cc2)cc(-c2cnc(N(C)C)[nH]c2=O)cc1C(C)(C)C. The molecule has 0 aliphatic rings. The average Bonchev–Trinajstić information content (AvgIpc) is 2.76. The van der Waals surface area contributed by atoms with E-state index in [0.717, 1.165) is 28.0 Å². The minimum Gasteiger partial charge on any atom is -0.496 e. The van der Waals surface area contributed by atoms with Gasteiger partial charge in [-0.25, -0.2) is 13.4 Å². The Kier molecular flexibility index (Phi) is 7.46. The monoisotopic (exact) mass is 482 g/mol. The van der Waals surface area contributed by atoms with Crippen LogP contribution in [0, 0.1) is 0 Å². The van der Waals surface area contributed by atoms with Gasteiger partial charge in [-0.2, -0.15) is 0 Å². The van der Waals surface area contributed by atoms with Crippen molar-refractivity contribution in [3.05, 3.63) is 69.6 Å². The van der Waals surface area contributed by atoms with E-state index < -0.39 is 10.9 Å². The Morgan fingerprint density at radius 1 is 1.09 bits per heavy atom. The number of aromatic nitrogens is 2. The normalized spacial score (nSPS) is 11.7. The van der Waals surface area contributed by atoms with Crippen molar-refractivity contribution >= 4 is 34.7 Å². The van der Waals surface area contributed by atoms with Crippen LogP contribution in [-0.2, 0) is 16.3 Å². The Balaban J connectivity index is 2.11. The van der Waals surface area contributed by atoms with Crippen molar-refractivity contribution in [1.82, 2.24) is 9.97 Å². The highest BCUT2D eigenvalue weighted by atomic mass is 32.2. The maximum Gasteiger partial charge on any atom is 0.260 e. The lowest BCUT2D eigenvalue weighted by atomic mass is 9.83. The van der Waals surface area contributed by atoms with E-state index in [-0.39, 0.29) is 11.0 Å². The predicted octanol–water partition coefficient (Wildman–Crippen LogP) is 3.92. The van der Waals surface area contributed by atoms with Crippen molar-refractivity contribution in [2.75, 3.05) is 30.8 Å². The van der Waals surface area contributed by atoms with Crippen LogP contribution in [0.3, 0.4) is 0 Å². The second-order valence-corrected chi connectivity index (χ2v) is 9.80. The van der Waals surface area contributed by atoms with Crippen LogP contribution in [0.5, 0.6) is 5.75 Å². The predicted molar refractivity (Wildman–Crippen MR) is 139 cm³/mol. The Labute approximate surface area is 201 Å². The van der Waals surface area contributed by atoms with E-state index in [1.54, 1.807) is 30.3 Å². The summed E-state index contributed by atoms with van der Waals surface area (Å²) >= 11 is 0. The minimum atomic E-state index is -2.71. The first-order chi connectivity index (χ1) is 16.0. The van der Waals surface area contributed by atoms with Gasteiger partial charge in [0.1, 0.15) is 5.75 Å². The van der Waals surface area contributed by atoms with Gasteiger partial charge in [0.05, 0.1) is 12.7 Å². The summed E-state index contributed by atoms with van der Waals surface area (Å²) in [4.78, 5) is 21.8. The summed E-state index contributed by atoms with van der Waals surface area (Å²) in [6.45, 7) is 6.27. The number of anilines is 2. The molecule has 0 aliphatic carbocycles. The van der Waals surface area contributed by atoms with Gasteiger partial charge in [0.15, 0.2) is 0 Å². The Hall–Kier alpha value is -3.59. The molecule has 3 aromatic rings. The van der Waals surface area contributed by atoms with Gasteiger partial charge in [-0.1, -0.05) is 45.1 Å². The largest absolute Gasteiger partial charge is 0.496 e. The van der Waals surface area contributed by atoms with Crippen molar-refractivity contribution < 1.29 is 13.2 Å². The number of benzene rings is 2.